The third-order valence-corrected chi connectivity index (χ3v) is 4.39. The molecule has 0 bridgehead atoms. The van der Waals surface area contributed by atoms with Crippen molar-refractivity contribution in [1.29, 1.82) is 0 Å². The topological polar surface area (TPSA) is 169 Å². The number of nitrogens with zero attached hydrogens (tertiary/aromatic N) is 1. The molecule has 0 unspecified atom stereocenters. The van der Waals surface area contributed by atoms with Gasteiger partial charge >= 0.3 is 29.6 Å². The summed E-state index contributed by atoms with van der Waals surface area (Å²) in [6.45, 7) is 5.39. The fourth-order valence-corrected chi connectivity index (χ4v) is 3.20. The molecule has 13 nitrogen and oxygen atoms in total. The fraction of sp³-hybridized carbons (Fsp3) is 0.579. The Labute approximate surface area is 181 Å². The molecule has 0 aliphatic carbocycles. The van der Waals surface area contributed by atoms with Gasteiger partial charge in [0.1, 0.15) is 12.7 Å². The highest BCUT2D eigenvalue weighted by atomic mass is 16.7. The van der Waals surface area contributed by atoms with E-state index >= 15 is 0 Å². The first-order chi connectivity index (χ1) is 14.9. The van der Waals surface area contributed by atoms with Gasteiger partial charge in [-0.05, 0) is 6.92 Å². The summed E-state index contributed by atoms with van der Waals surface area (Å²) in [5, 5.41) is 0. The highest BCUT2D eigenvalue weighted by Gasteiger charge is 2.53. The van der Waals surface area contributed by atoms with Gasteiger partial charge in [-0.1, -0.05) is 0 Å². The summed E-state index contributed by atoms with van der Waals surface area (Å²) < 4.78 is 27.6. The molecule has 0 spiro atoms. The fourth-order valence-electron chi connectivity index (χ4n) is 3.20. The summed E-state index contributed by atoms with van der Waals surface area (Å²) >= 11 is 0. The third kappa shape index (κ3) is 6.03. The monoisotopic (exact) mass is 456 g/mol. The molecule has 1 aromatic heterocycles. The van der Waals surface area contributed by atoms with Crippen LogP contribution in [0, 0.1) is 6.92 Å². The first kappa shape index (κ1) is 24.8. The van der Waals surface area contributed by atoms with Gasteiger partial charge in [-0.25, -0.2) is 4.79 Å². The first-order valence-corrected chi connectivity index (χ1v) is 9.53. The Bertz CT molecular complexity index is 1010. The van der Waals surface area contributed by atoms with Crippen molar-refractivity contribution in [2.24, 2.45) is 0 Å². The van der Waals surface area contributed by atoms with Crippen molar-refractivity contribution < 1.29 is 42.9 Å². The molecule has 0 radical (unpaired) electrons. The van der Waals surface area contributed by atoms with E-state index in [0.29, 0.717) is 0 Å². The van der Waals surface area contributed by atoms with Crippen LogP contribution < -0.4 is 11.2 Å². The highest BCUT2D eigenvalue weighted by molar-refractivity contribution is 5.68. The molecule has 0 amide bonds. The number of rotatable bonds is 6. The van der Waals surface area contributed by atoms with Gasteiger partial charge in [0.25, 0.3) is 5.56 Å². The van der Waals surface area contributed by atoms with Crippen molar-refractivity contribution in [2.45, 2.75) is 65.3 Å². The van der Waals surface area contributed by atoms with E-state index < -0.39 is 72.4 Å². The molecule has 1 aliphatic rings. The zero-order valence-corrected chi connectivity index (χ0v) is 18.1. The van der Waals surface area contributed by atoms with Crippen LogP contribution in [-0.2, 0) is 42.9 Å². The normalized spacial score (nSPS) is 24.8. The number of hydrogen-bond acceptors (Lipinski definition) is 11. The van der Waals surface area contributed by atoms with Crippen LogP contribution in [0.1, 0.15) is 39.5 Å². The van der Waals surface area contributed by atoms with Gasteiger partial charge in [0.05, 0.1) is 0 Å². The number of nitrogens with one attached hydrogen (secondary N) is 1. The molecule has 0 aromatic carbocycles. The van der Waals surface area contributed by atoms with Gasteiger partial charge in [0.15, 0.2) is 24.5 Å². The van der Waals surface area contributed by atoms with Crippen LogP contribution in [0.4, 0.5) is 0 Å². The second-order valence-corrected chi connectivity index (χ2v) is 7.07. The lowest BCUT2D eigenvalue weighted by Gasteiger charge is -2.44. The average molecular weight is 456 g/mol. The SMILES string of the molecule is CC(=O)OC[C@@H]1O[C@H](n2cc(C)c(=O)[nH]c2=O)[C@H](OC(C)=O)[C@H](OC(C)=O)[C@H]1OC(C)=O. The second-order valence-electron chi connectivity index (χ2n) is 7.07. The van der Waals surface area contributed by atoms with Crippen LogP contribution in [0.3, 0.4) is 0 Å². The predicted octanol–water partition coefficient (Wildman–Crippen LogP) is -0.899. The molecule has 1 aliphatic heterocycles. The van der Waals surface area contributed by atoms with Gasteiger partial charge in [0, 0.05) is 39.5 Å². The number of esters is 4. The van der Waals surface area contributed by atoms with Crippen molar-refractivity contribution in [3.8, 4) is 0 Å². The number of H-pyrrole nitrogens is 1. The number of aromatic nitrogens is 2. The molecule has 5 atom stereocenters. The molecular formula is C19H24N2O11. The Morgan fingerprint density at radius 3 is 1.97 bits per heavy atom. The van der Waals surface area contributed by atoms with E-state index in [0.717, 1.165) is 32.3 Å². The molecule has 13 heteroatoms. The third-order valence-electron chi connectivity index (χ3n) is 4.39. The second kappa shape index (κ2) is 10.2. The molecule has 1 fully saturated rings. The maximum atomic E-state index is 12.5. The summed E-state index contributed by atoms with van der Waals surface area (Å²) in [6.07, 6.45) is -5.73. The number of hydrogen-bond donors (Lipinski definition) is 1. The standard InChI is InChI=1S/C19H24N2O11/c1-8-6-21(19(27)20-17(8)26)18-16(31-12(5)25)15(30-11(4)24)14(29-10(3)23)13(32-18)7-28-9(2)22/h6,13-16,18H,7H2,1-5H3,(H,20,26,27)/t13-,14-,15+,16+,18-/m0/s1. The minimum Gasteiger partial charge on any atom is -0.463 e. The van der Waals surface area contributed by atoms with E-state index in [4.69, 9.17) is 23.7 Å². The van der Waals surface area contributed by atoms with E-state index in [2.05, 4.69) is 4.98 Å². The minimum absolute atomic E-state index is 0.137. The molecule has 1 N–H and O–H groups in total. The maximum Gasteiger partial charge on any atom is 0.330 e. The van der Waals surface area contributed by atoms with Crippen molar-refractivity contribution >= 4 is 23.9 Å². The number of aromatic amines is 1. The first-order valence-electron chi connectivity index (χ1n) is 9.53. The number of aryl methyl sites for hydroxylation is 1. The van der Waals surface area contributed by atoms with Gasteiger partial charge in [-0.3, -0.25) is 33.5 Å². The maximum absolute atomic E-state index is 12.5. The summed E-state index contributed by atoms with van der Waals surface area (Å²) in [5.41, 5.74) is -1.41. The van der Waals surface area contributed by atoms with E-state index in [-0.39, 0.29) is 5.56 Å². The predicted molar refractivity (Wildman–Crippen MR) is 103 cm³/mol. The zero-order valence-electron chi connectivity index (χ0n) is 18.1. The van der Waals surface area contributed by atoms with Crippen molar-refractivity contribution in [3.05, 3.63) is 32.6 Å². The molecule has 0 saturated carbocycles. The Balaban J connectivity index is 2.65. The van der Waals surface area contributed by atoms with Crippen LogP contribution in [0.25, 0.3) is 0 Å². The summed E-state index contributed by atoms with van der Waals surface area (Å²) in [5.74, 6) is -3.06. The Hall–Kier alpha value is -3.48. The highest BCUT2D eigenvalue weighted by Crippen LogP contribution is 2.34. The van der Waals surface area contributed by atoms with Gasteiger partial charge in [-0.2, -0.15) is 0 Å². The van der Waals surface area contributed by atoms with Crippen molar-refractivity contribution in [1.82, 2.24) is 9.55 Å². The molecule has 32 heavy (non-hydrogen) atoms. The van der Waals surface area contributed by atoms with Gasteiger partial charge in [0.2, 0.25) is 0 Å². The largest absolute Gasteiger partial charge is 0.463 e. The molecular weight excluding hydrogens is 432 g/mol. The van der Waals surface area contributed by atoms with Crippen molar-refractivity contribution in [2.75, 3.05) is 6.61 Å². The van der Waals surface area contributed by atoms with Crippen LogP contribution in [0.5, 0.6) is 0 Å². The van der Waals surface area contributed by atoms with E-state index in [1.165, 1.54) is 13.1 Å². The lowest BCUT2D eigenvalue weighted by molar-refractivity contribution is -0.269. The van der Waals surface area contributed by atoms with Gasteiger partial charge in [-0.15, -0.1) is 0 Å². The summed E-state index contributed by atoms with van der Waals surface area (Å²) in [6, 6.07) is 0. The molecule has 2 heterocycles. The summed E-state index contributed by atoms with van der Waals surface area (Å²) in [7, 11) is 0. The van der Waals surface area contributed by atoms with E-state index in [9.17, 15) is 28.8 Å². The lowest BCUT2D eigenvalue weighted by atomic mass is 9.97. The number of carbonyl (C=O) groups is 4. The Kier molecular flexibility index (Phi) is 7.92. The van der Waals surface area contributed by atoms with Crippen LogP contribution in [-0.4, -0.2) is 64.5 Å². The zero-order chi connectivity index (χ0) is 24.2. The number of carbonyl (C=O) groups excluding carboxylic acids is 4. The molecule has 176 valence electrons. The Morgan fingerprint density at radius 1 is 0.906 bits per heavy atom. The van der Waals surface area contributed by atoms with Crippen LogP contribution in [0.2, 0.25) is 0 Å². The van der Waals surface area contributed by atoms with Crippen LogP contribution in [0.15, 0.2) is 15.8 Å². The molecule has 1 aromatic rings. The number of ether oxygens (including phenoxy) is 5. The average Bonchev–Trinajstić information content (AvgIpc) is 2.65. The van der Waals surface area contributed by atoms with Gasteiger partial charge < -0.3 is 23.7 Å². The van der Waals surface area contributed by atoms with E-state index in [1.807, 2.05) is 0 Å². The van der Waals surface area contributed by atoms with E-state index in [1.54, 1.807) is 0 Å². The summed E-state index contributed by atoms with van der Waals surface area (Å²) in [4.78, 5) is 73.0. The quantitative estimate of drug-likeness (QED) is 0.416. The minimum atomic E-state index is -1.46. The van der Waals surface area contributed by atoms with Crippen LogP contribution >= 0.6 is 0 Å². The molecule has 2 rings (SSSR count). The Morgan fingerprint density at radius 2 is 1.44 bits per heavy atom. The van der Waals surface area contributed by atoms with Crippen molar-refractivity contribution in [3.63, 3.8) is 0 Å². The molecule has 1 saturated heterocycles. The lowest BCUT2D eigenvalue weighted by Crippen LogP contribution is -2.61. The smallest absolute Gasteiger partial charge is 0.330 e.